The first kappa shape index (κ1) is 16.3. The molecule has 1 atom stereocenters. The van der Waals surface area contributed by atoms with Crippen molar-refractivity contribution in [2.24, 2.45) is 0 Å². The quantitative estimate of drug-likeness (QED) is 0.791. The molecule has 2 rings (SSSR count). The van der Waals surface area contributed by atoms with Gasteiger partial charge in [0.05, 0.1) is 0 Å². The number of hydrogen-bond donors (Lipinski definition) is 2. The van der Waals surface area contributed by atoms with Crippen molar-refractivity contribution in [1.82, 2.24) is 15.3 Å². The molecule has 0 amide bonds. The molecule has 1 aromatic carbocycles. The second kappa shape index (κ2) is 7.24. The lowest BCUT2D eigenvalue weighted by Crippen LogP contribution is -2.18. The van der Waals surface area contributed by atoms with Crippen LogP contribution in [0.2, 0.25) is 0 Å². The zero-order chi connectivity index (χ0) is 15.4. The summed E-state index contributed by atoms with van der Waals surface area (Å²) in [6, 6.07) is 7.90. The highest BCUT2D eigenvalue weighted by Gasteiger charge is 2.12. The highest BCUT2D eigenvalue weighted by atomic mass is 79.9. The van der Waals surface area contributed by atoms with Gasteiger partial charge in [0.2, 0.25) is 0 Å². The molecule has 0 spiro atoms. The normalized spacial score (nSPS) is 12.4. The van der Waals surface area contributed by atoms with Gasteiger partial charge in [0, 0.05) is 27.2 Å². The fourth-order valence-corrected chi connectivity index (χ4v) is 3.69. The summed E-state index contributed by atoms with van der Waals surface area (Å²) in [6.07, 6.45) is 0. The minimum Gasteiger partial charge on any atom is -0.310 e. The Kier molecular flexibility index (Phi) is 5.61. The van der Waals surface area contributed by atoms with Crippen LogP contribution in [0.3, 0.4) is 0 Å². The smallest absolute Gasteiger partial charge is 0.251 e. The minimum absolute atomic E-state index is 0.124. The third-order valence-corrected chi connectivity index (χ3v) is 4.46. The van der Waals surface area contributed by atoms with Crippen LogP contribution in [-0.4, -0.2) is 16.5 Å². The molecule has 0 bridgehead atoms. The van der Waals surface area contributed by atoms with E-state index >= 15 is 0 Å². The second-order valence-corrected chi connectivity index (χ2v) is 6.70. The summed E-state index contributed by atoms with van der Waals surface area (Å²) in [6.45, 7) is 6.94. The Labute approximate surface area is 136 Å². The summed E-state index contributed by atoms with van der Waals surface area (Å²) in [5.74, 6) is 0. The molecule has 0 saturated carbocycles. The first-order valence-corrected chi connectivity index (χ1v) is 8.39. The molecule has 1 unspecified atom stereocenters. The van der Waals surface area contributed by atoms with Crippen LogP contribution in [-0.2, 0) is 0 Å². The van der Waals surface area contributed by atoms with Crippen molar-refractivity contribution in [1.29, 1.82) is 0 Å². The number of aromatic nitrogens is 2. The minimum atomic E-state index is -0.124. The van der Waals surface area contributed by atoms with E-state index in [2.05, 4.69) is 57.2 Å². The Morgan fingerprint density at radius 2 is 2.19 bits per heavy atom. The SMILES string of the molecule is CCNC(C)c1ccc(Br)cc1Sc1nc(C)cc(=O)[nH]1. The van der Waals surface area contributed by atoms with Crippen LogP contribution in [0.25, 0.3) is 0 Å². The number of hydrogen-bond acceptors (Lipinski definition) is 4. The van der Waals surface area contributed by atoms with Gasteiger partial charge in [-0.2, -0.15) is 0 Å². The van der Waals surface area contributed by atoms with Gasteiger partial charge in [-0.3, -0.25) is 4.79 Å². The average molecular weight is 368 g/mol. The highest BCUT2D eigenvalue weighted by Crippen LogP contribution is 2.33. The topological polar surface area (TPSA) is 57.8 Å². The summed E-state index contributed by atoms with van der Waals surface area (Å²) in [4.78, 5) is 19.8. The zero-order valence-corrected chi connectivity index (χ0v) is 14.6. The van der Waals surface area contributed by atoms with Crippen LogP contribution in [0, 0.1) is 6.92 Å². The lowest BCUT2D eigenvalue weighted by atomic mass is 10.1. The number of aryl methyl sites for hydroxylation is 1. The molecule has 1 heterocycles. The highest BCUT2D eigenvalue weighted by molar-refractivity contribution is 9.10. The molecular formula is C15H18BrN3OS. The van der Waals surface area contributed by atoms with Gasteiger partial charge in [-0.1, -0.05) is 40.7 Å². The molecule has 6 heteroatoms. The first-order valence-electron chi connectivity index (χ1n) is 6.78. The molecule has 0 aliphatic rings. The van der Waals surface area contributed by atoms with E-state index in [1.165, 1.54) is 23.4 Å². The fraction of sp³-hybridized carbons (Fsp3) is 0.333. The molecule has 112 valence electrons. The molecule has 0 saturated heterocycles. The molecule has 0 aliphatic carbocycles. The fourth-order valence-electron chi connectivity index (χ4n) is 2.07. The number of nitrogens with one attached hydrogen (secondary N) is 2. The van der Waals surface area contributed by atoms with E-state index in [1.807, 2.05) is 13.0 Å². The molecule has 21 heavy (non-hydrogen) atoms. The van der Waals surface area contributed by atoms with Crippen LogP contribution in [0.1, 0.15) is 31.1 Å². The van der Waals surface area contributed by atoms with Crippen LogP contribution in [0.4, 0.5) is 0 Å². The Morgan fingerprint density at radius 3 is 2.86 bits per heavy atom. The molecular weight excluding hydrogens is 350 g/mol. The van der Waals surface area contributed by atoms with E-state index in [1.54, 1.807) is 0 Å². The summed E-state index contributed by atoms with van der Waals surface area (Å²) < 4.78 is 1.01. The van der Waals surface area contributed by atoms with Crippen molar-refractivity contribution in [2.45, 2.75) is 36.9 Å². The number of nitrogens with zero attached hydrogens (tertiary/aromatic N) is 1. The van der Waals surface area contributed by atoms with Gasteiger partial charge >= 0.3 is 0 Å². The number of halogens is 1. The summed E-state index contributed by atoms with van der Waals surface area (Å²) in [5.41, 5.74) is 1.79. The summed E-state index contributed by atoms with van der Waals surface area (Å²) in [7, 11) is 0. The molecule has 1 aromatic heterocycles. The predicted octanol–water partition coefficient (Wildman–Crippen LogP) is 3.66. The van der Waals surface area contributed by atoms with Crippen molar-refractivity contribution in [3.8, 4) is 0 Å². The van der Waals surface area contributed by atoms with E-state index < -0.39 is 0 Å². The number of aromatic amines is 1. The van der Waals surface area contributed by atoms with Gasteiger partial charge in [-0.15, -0.1) is 0 Å². The van der Waals surface area contributed by atoms with Crippen molar-refractivity contribution in [2.75, 3.05) is 6.54 Å². The third kappa shape index (κ3) is 4.43. The van der Waals surface area contributed by atoms with Crippen LogP contribution >= 0.6 is 27.7 Å². The Bertz CT molecular complexity index is 687. The Morgan fingerprint density at radius 1 is 1.43 bits per heavy atom. The maximum atomic E-state index is 11.6. The van der Waals surface area contributed by atoms with E-state index in [0.29, 0.717) is 5.16 Å². The predicted molar refractivity (Wildman–Crippen MR) is 90.0 cm³/mol. The van der Waals surface area contributed by atoms with E-state index in [9.17, 15) is 4.79 Å². The zero-order valence-electron chi connectivity index (χ0n) is 12.2. The molecule has 0 aliphatic heterocycles. The molecule has 0 radical (unpaired) electrons. The third-order valence-electron chi connectivity index (χ3n) is 3.01. The maximum absolute atomic E-state index is 11.6. The molecule has 0 fully saturated rings. The van der Waals surface area contributed by atoms with E-state index in [-0.39, 0.29) is 11.6 Å². The Hall–Kier alpha value is -1.11. The Balaban J connectivity index is 2.37. The number of rotatable bonds is 5. The lowest BCUT2D eigenvalue weighted by Gasteiger charge is -2.17. The maximum Gasteiger partial charge on any atom is 0.251 e. The van der Waals surface area contributed by atoms with Gasteiger partial charge in [0.1, 0.15) is 0 Å². The lowest BCUT2D eigenvalue weighted by molar-refractivity contribution is 0.589. The van der Waals surface area contributed by atoms with E-state index in [4.69, 9.17) is 0 Å². The number of H-pyrrole nitrogens is 1. The average Bonchev–Trinajstić information content (AvgIpc) is 2.37. The molecule has 2 aromatic rings. The van der Waals surface area contributed by atoms with Crippen LogP contribution in [0.15, 0.2) is 43.6 Å². The summed E-state index contributed by atoms with van der Waals surface area (Å²) >= 11 is 4.97. The van der Waals surface area contributed by atoms with Gasteiger partial charge in [0.15, 0.2) is 5.16 Å². The second-order valence-electron chi connectivity index (χ2n) is 4.76. The van der Waals surface area contributed by atoms with Gasteiger partial charge in [-0.05, 0) is 38.1 Å². The van der Waals surface area contributed by atoms with Crippen LogP contribution < -0.4 is 10.9 Å². The van der Waals surface area contributed by atoms with Crippen molar-refractivity contribution in [3.05, 3.63) is 50.3 Å². The molecule has 4 nitrogen and oxygen atoms in total. The standard InChI is InChI=1S/C15H18BrN3OS/c1-4-17-10(3)12-6-5-11(16)8-13(12)21-15-18-9(2)7-14(20)19-15/h5-8,10,17H,4H2,1-3H3,(H,18,19,20). The van der Waals surface area contributed by atoms with Gasteiger partial charge in [-0.25, -0.2) is 4.98 Å². The van der Waals surface area contributed by atoms with Crippen molar-refractivity contribution >= 4 is 27.7 Å². The van der Waals surface area contributed by atoms with Crippen LogP contribution in [0.5, 0.6) is 0 Å². The first-order chi connectivity index (χ1) is 9.99. The van der Waals surface area contributed by atoms with E-state index in [0.717, 1.165) is 21.6 Å². The molecule has 2 N–H and O–H groups in total. The number of benzene rings is 1. The van der Waals surface area contributed by atoms with Gasteiger partial charge < -0.3 is 10.3 Å². The van der Waals surface area contributed by atoms with Crippen molar-refractivity contribution < 1.29 is 0 Å². The van der Waals surface area contributed by atoms with Gasteiger partial charge in [0.25, 0.3) is 5.56 Å². The monoisotopic (exact) mass is 367 g/mol. The largest absolute Gasteiger partial charge is 0.310 e. The summed E-state index contributed by atoms with van der Waals surface area (Å²) in [5, 5.41) is 4.02. The van der Waals surface area contributed by atoms with Crippen molar-refractivity contribution in [3.63, 3.8) is 0 Å².